The third-order valence-electron chi connectivity index (χ3n) is 5.84. The van der Waals surface area contributed by atoms with E-state index >= 15 is 0 Å². The lowest BCUT2D eigenvalue weighted by molar-refractivity contribution is -0.142. The Morgan fingerprint density at radius 2 is 1.61 bits per heavy atom. The van der Waals surface area contributed by atoms with Gasteiger partial charge in [-0.2, -0.15) is 12.6 Å². The Kier molecular flexibility index (Phi) is 10.8. The SMILES string of the molecule is CC(C)CC(N)C(=O)NC(C(=O)NC(CS)C(=O)NC(Cc1c[nH]c2ccccc12)C(=O)O)C(C)C. The van der Waals surface area contributed by atoms with Gasteiger partial charge in [-0.25, -0.2) is 4.79 Å². The van der Waals surface area contributed by atoms with E-state index in [-0.39, 0.29) is 24.0 Å². The van der Waals surface area contributed by atoms with Gasteiger partial charge in [-0.05, 0) is 29.9 Å². The number of nitrogens with one attached hydrogen (secondary N) is 4. The molecule has 0 aliphatic rings. The number of nitrogens with two attached hydrogens (primary N) is 1. The number of para-hydroxylation sites is 1. The van der Waals surface area contributed by atoms with E-state index in [2.05, 4.69) is 33.6 Å². The molecule has 198 valence electrons. The van der Waals surface area contributed by atoms with Crippen LogP contribution in [-0.2, 0) is 25.6 Å². The maximum atomic E-state index is 13.0. The quantitative estimate of drug-likeness (QED) is 0.196. The summed E-state index contributed by atoms with van der Waals surface area (Å²) >= 11 is 4.17. The minimum Gasteiger partial charge on any atom is -0.480 e. The molecule has 0 aliphatic heterocycles. The molecule has 2 rings (SSSR count). The van der Waals surface area contributed by atoms with Crippen molar-refractivity contribution in [3.8, 4) is 0 Å². The molecule has 0 spiro atoms. The predicted molar refractivity (Wildman–Crippen MR) is 142 cm³/mol. The molecule has 1 aromatic carbocycles. The van der Waals surface area contributed by atoms with Gasteiger partial charge >= 0.3 is 5.97 Å². The number of H-pyrrole nitrogens is 1. The van der Waals surface area contributed by atoms with Crippen molar-refractivity contribution >= 4 is 47.2 Å². The van der Waals surface area contributed by atoms with E-state index in [1.807, 2.05) is 38.1 Å². The number of carboxylic acids is 1. The summed E-state index contributed by atoms with van der Waals surface area (Å²) in [5, 5.41) is 18.3. The van der Waals surface area contributed by atoms with Crippen molar-refractivity contribution in [2.75, 3.05) is 5.75 Å². The van der Waals surface area contributed by atoms with Crippen LogP contribution in [0.4, 0.5) is 0 Å². The van der Waals surface area contributed by atoms with Crippen LogP contribution >= 0.6 is 12.6 Å². The largest absolute Gasteiger partial charge is 0.480 e. The van der Waals surface area contributed by atoms with Gasteiger partial charge in [-0.1, -0.05) is 45.9 Å². The van der Waals surface area contributed by atoms with Gasteiger partial charge in [0.2, 0.25) is 17.7 Å². The maximum absolute atomic E-state index is 13.0. The molecule has 0 aliphatic carbocycles. The molecule has 0 fully saturated rings. The zero-order valence-corrected chi connectivity index (χ0v) is 22.0. The van der Waals surface area contributed by atoms with Crippen LogP contribution in [0, 0.1) is 11.8 Å². The first-order valence-electron chi connectivity index (χ1n) is 12.0. The van der Waals surface area contributed by atoms with Crippen molar-refractivity contribution in [2.45, 2.75) is 64.7 Å². The summed E-state index contributed by atoms with van der Waals surface area (Å²) in [6.45, 7) is 7.41. The average molecular weight is 520 g/mol. The zero-order chi connectivity index (χ0) is 27.0. The number of aliphatic carboxylic acids is 1. The molecule has 4 unspecified atom stereocenters. The highest BCUT2D eigenvalue weighted by Crippen LogP contribution is 2.19. The fraction of sp³-hybridized carbons (Fsp3) is 0.520. The number of hydrogen-bond acceptors (Lipinski definition) is 6. The van der Waals surface area contributed by atoms with Crippen molar-refractivity contribution in [3.05, 3.63) is 36.0 Å². The number of carbonyl (C=O) groups excluding carboxylic acids is 3. The molecule has 0 bridgehead atoms. The molecule has 1 heterocycles. The van der Waals surface area contributed by atoms with Gasteiger partial charge in [-0.15, -0.1) is 0 Å². The summed E-state index contributed by atoms with van der Waals surface area (Å²) in [7, 11) is 0. The van der Waals surface area contributed by atoms with Gasteiger partial charge in [-0.3, -0.25) is 14.4 Å². The Labute approximate surface area is 216 Å². The average Bonchev–Trinajstić information content (AvgIpc) is 3.22. The number of amides is 3. The predicted octanol–water partition coefficient (Wildman–Crippen LogP) is 1.21. The first kappa shape index (κ1) is 29.2. The minimum absolute atomic E-state index is 0.0523. The highest BCUT2D eigenvalue weighted by atomic mass is 32.1. The van der Waals surface area contributed by atoms with E-state index in [0.29, 0.717) is 6.42 Å². The van der Waals surface area contributed by atoms with Crippen molar-refractivity contribution in [1.82, 2.24) is 20.9 Å². The molecule has 7 N–H and O–H groups in total. The van der Waals surface area contributed by atoms with Crippen LogP contribution in [0.5, 0.6) is 0 Å². The second-order valence-corrected chi connectivity index (χ2v) is 10.0. The highest BCUT2D eigenvalue weighted by molar-refractivity contribution is 7.80. The monoisotopic (exact) mass is 519 g/mol. The first-order chi connectivity index (χ1) is 16.9. The molecular formula is C25H37N5O5S. The summed E-state index contributed by atoms with van der Waals surface area (Å²) in [4.78, 5) is 53.3. The summed E-state index contributed by atoms with van der Waals surface area (Å²) in [6, 6.07) is 3.45. The summed E-state index contributed by atoms with van der Waals surface area (Å²) in [5.41, 5.74) is 7.54. The molecule has 0 saturated heterocycles. The zero-order valence-electron chi connectivity index (χ0n) is 21.1. The summed E-state index contributed by atoms with van der Waals surface area (Å²) in [5.74, 6) is -3.05. The smallest absolute Gasteiger partial charge is 0.326 e. The van der Waals surface area contributed by atoms with Crippen molar-refractivity contribution in [1.29, 1.82) is 0 Å². The molecule has 1 aromatic heterocycles. The highest BCUT2D eigenvalue weighted by Gasteiger charge is 2.31. The van der Waals surface area contributed by atoms with E-state index in [1.54, 1.807) is 20.0 Å². The van der Waals surface area contributed by atoms with Crippen LogP contribution in [0.3, 0.4) is 0 Å². The Balaban J connectivity index is 2.07. The van der Waals surface area contributed by atoms with Gasteiger partial charge in [0.15, 0.2) is 0 Å². The number of carboxylic acid groups (broad SMARTS) is 1. The normalized spacial score (nSPS) is 14.8. The number of thiol groups is 1. The first-order valence-corrected chi connectivity index (χ1v) is 12.6. The van der Waals surface area contributed by atoms with Crippen LogP contribution < -0.4 is 21.7 Å². The lowest BCUT2D eigenvalue weighted by atomic mass is 10.00. The molecule has 11 heteroatoms. The van der Waals surface area contributed by atoms with Crippen LogP contribution in [0.1, 0.15) is 39.7 Å². The Bertz CT molecular complexity index is 1070. The lowest BCUT2D eigenvalue weighted by Crippen LogP contribution is -2.59. The van der Waals surface area contributed by atoms with Crippen LogP contribution in [-0.4, -0.2) is 63.7 Å². The second-order valence-electron chi connectivity index (χ2n) is 9.67. The molecule has 2 aromatic rings. The summed E-state index contributed by atoms with van der Waals surface area (Å²) in [6.07, 6.45) is 2.23. The number of benzene rings is 1. The van der Waals surface area contributed by atoms with E-state index in [0.717, 1.165) is 16.5 Å². The number of hydrogen-bond donors (Lipinski definition) is 7. The summed E-state index contributed by atoms with van der Waals surface area (Å²) < 4.78 is 0. The molecular weight excluding hydrogens is 482 g/mol. The number of rotatable bonds is 13. The number of carbonyl (C=O) groups is 4. The Hall–Kier alpha value is -3.05. The third kappa shape index (κ3) is 7.99. The van der Waals surface area contributed by atoms with E-state index in [4.69, 9.17) is 5.73 Å². The van der Waals surface area contributed by atoms with Gasteiger partial charge in [0.1, 0.15) is 18.1 Å². The van der Waals surface area contributed by atoms with E-state index in [1.165, 1.54) is 0 Å². The van der Waals surface area contributed by atoms with Crippen LogP contribution in [0.25, 0.3) is 10.9 Å². The van der Waals surface area contributed by atoms with Crippen molar-refractivity contribution < 1.29 is 24.3 Å². The fourth-order valence-corrected chi connectivity index (χ4v) is 4.12. The topological polar surface area (TPSA) is 166 Å². The lowest BCUT2D eigenvalue weighted by Gasteiger charge is -2.26. The minimum atomic E-state index is -1.22. The number of fused-ring (bicyclic) bond motifs is 1. The van der Waals surface area contributed by atoms with Crippen molar-refractivity contribution in [3.63, 3.8) is 0 Å². The molecule has 3 amide bonds. The van der Waals surface area contributed by atoms with Gasteiger partial charge < -0.3 is 31.8 Å². The third-order valence-corrected chi connectivity index (χ3v) is 6.20. The molecule has 0 radical (unpaired) electrons. The number of aromatic amines is 1. The van der Waals surface area contributed by atoms with Gasteiger partial charge in [0, 0.05) is 29.3 Å². The fourth-order valence-electron chi connectivity index (χ4n) is 3.86. The van der Waals surface area contributed by atoms with Crippen LogP contribution in [0.2, 0.25) is 0 Å². The molecule has 4 atom stereocenters. The van der Waals surface area contributed by atoms with E-state index < -0.39 is 47.9 Å². The Morgan fingerprint density at radius 3 is 2.19 bits per heavy atom. The Morgan fingerprint density at radius 1 is 0.972 bits per heavy atom. The maximum Gasteiger partial charge on any atom is 0.326 e. The second kappa shape index (κ2) is 13.3. The van der Waals surface area contributed by atoms with Gasteiger partial charge in [0.25, 0.3) is 0 Å². The van der Waals surface area contributed by atoms with Gasteiger partial charge in [0.05, 0.1) is 6.04 Å². The molecule has 0 saturated carbocycles. The van der Waals surface area contributed by atoms with E-state index in [9.17, 15) is 24.3 Å². The van der Waals surface area contributed by atoms with Crippen LogP contribution in [0.15, 0.2) is 30.5 Å². The molecule has 10 nitrogen and oxygen atoms in total. The number of aromatic nitrogens is 1. The molecule has 36 heavy (non-hydrogen) atoms. The van der Waals surface area contributed by atoms with Crippen molar-refractivity contribution in [2.24, 2.45) is 17.6 Å². The standard InChI is InChI=1S/C25H37N5O5S/c1-13(2)9-17(26)22(31)30-21(14(3)4)24(33)29-20(12-36)23(32)28-19(25(34)35)10-15-11-27-18-8-6-5-7-16(15)18/h5-8,11,13-14,17,19-21,27,36H,9-10,12,26H2,1-4H3,(H,28,32)(H,29,33)(H,30,31)(H,34,35).